The maximum Gasteiger partial charge on any atom is 0.137 e. The van der Waals surface area contributed by atoms with E-state index in [0.29, 0.717) is 6.61 Å². The van der Waals surface area contributed by atoms with E-state index in [1.165, 1.54) is 5.56 Å². The van der Waals surface area contributed by atoms with E-state index in [1.807, 2.05) is 30.5 Å². The van der Waals surface area contributed by atoms with Crippen molar-refractivity contribution in [3.05, 3.63) is 54.6 Å². The molecule has 0 saturated carbocycles. The molecule has 4 nitrogen and oxygen atoms in total. The van der Waals surface area contributed by atoms with E-state index in [-0.39, 0.29) is 0 Å². The number of nitrogens with one attached hydrogen (secondary N) is 1. The summed E-state index contributed by atoms with van der Waals surface area (Å²) in [5, 5.41) is 3.29. The van der Waals surface area contributed by atoms with Crippen LogP contribution in [-0.4, -0.2) is 23.1 Å². The summed E-state index contributed by atoms with van der Waals surface area (Å²) in [5.74, 6) is 0.802. The number of hydrogen-bond donors (Lipinski definition) is 1. The molecule has 0 aliphatic heterocycles. The molecule has 2 aromatic heterocycles. The summed E-state index contributed by atoms with van der Waals surface area (Å²) >= 11 is 0. The van der Waals surface area contributed by atoms with Crippen molar-refractivity contribution in [2.24, 2.45) is 0 Å². The lowest BCUT2D eigenvalue weighted by Crippen LogP contribution is -2.20. The van der Waals surface area contributed by atoms with Crippen molar-refractivity contribution in [3.8, 4) is 5.75 Å². The molecule has 0 amide bonds. The van der Waals surface area contributed by atoms with Crippen molar-refractivity contribution in [1.29, 1.82) is 0 Å². The third kappa shape index (κ3) is 4.20. The zero-order valence-corrected chi connectivity index (χ0v) is 9.54. The molecule has 0 spiro atoms. The van der Waals surface area contributed by atoms with E-state index >= 15 is 0 Å². The van der Waals surface area contributed by atoms with Crippen molar-refractivity contribution in [2.75, 3.05) is 13.2 Å². The number of ether oxygens (including phenoxy) is 1. The van der Waals surface area contributed by atoms with Gasteiger partial charge in [-0.3, -0.25) is 9.97 Å². The molecule has 0 fully saturated rings. The van der Waals surface area contributed by atoms with Crippen molar-refractivity contribution in [2.45, 2.75) is 6.54 Å². The van der Waals surface area contributed by atoms with Crippen LogP contribution >= 0.6 is 0 Å². The monoisotopic (exact) mass is 229 g/mol. The Balaban J connectivity index is 1.61. The average molecular weight is 229 g/mol. The molecule has 0 radical (unpaired) electrons. The summed E-state index contributed by atoms with van der Waals surface area (Å²) in [6, 6.07) is 7.73. The highest BCUT2D eigenvalue weighted by Crippen LogP contribution is 2.04. The predicted octanol–water partition coefficient (Wildman–Crippen LogP) is 1.65. The molecule has 88 valence electrons. The highest BCUT2D eigenvalue weighted by atomic mass is 16.5. The fourth-order valence-electron chi connectivity index (χ4n) is 1.41. The van der Waals surface area contributed by atoms with Gasteiger partial charge in [-0.15, -0.1) is 0 Å². The third-order valence-corrected chi connectivity index (χ3v) is 2.23. The lowest BCUT2D eigenvalue weighted by Gasteiger charge is -2.06. The first-order chi connectivity index (χ1) is 8.45. The van der Waals surface area contributed by atoms with E-state index < -0.39 is 0 Å². The minimum Gasteiger partial charge on any atom is -0.491 e. The highest BCUT2D eigenvalue weighted by molar-refractivity contribution is 5.15. The molecule has 1 N–H and O–H groups in total. The molecular formula is C13H15N3O. The topological polar surface area (TPSA) is 47.0 Å². The largest absolute Gasteiger partial charge is 0.491 e. The molecular weight excluding hydrogens is 214 g/mol. The minimum absolute atomic E-state index is 0.631. The van der Waals surface area contributed by atoms with Crippen LogP contribution < -0.4 is 10.1 Å². The molecule has 0 saturated heterocycles. The van der Waals surface area contributed by atoms with Gasteiger partial charge in [0.2, 0.25) is 0 Å². The average Bonchev–Trinajstić information content (AvgIpc) is 2.41. The van der Waals surface area contributed by atoms with Crippen LogP contribution in [0.25, 0.3) is 0 Å². The zero-order chi connectivity index (χ0) is 11.8. The standard InChI is InChI=1S/C13H15N3O/c1-3-12(9-14-5-1)10-16-7-8-17-13-4-2-6-15-11-13/h1-6,9,11,16H,7-8,10H2. The van der Waals surface area contributed by atoms with Crippen LogP contribution in [0.4, 0.5) is 0 Å². The zero-order valence-electron chi connectivity index (χ0n) is 9.54. The second kappa shape index (κ2) is 6.60. The van der Waals surface area contributed by atoms with Gasteiger partial charge in [0.25, 0.3) is 0 Å². The number of nitrogens with zero attached hydrogens (tertiary/aromatic N) is 2. The lowest BCUT2D eigenvalue weighted by molar-refractivity contribution is 0.312. The quantitative estimate of drug-likeness (QED) is 0.765. The Kier molecular flexibility index (Phi) is 4.48. The number of hydrogen-bond acceptors (Lipinski definition) is 4. The SMILES string of the molecule is c1cncc(CNCCOc2cccnc2)c1. The molecule has 17 heavy (non-hydrogen) atoms. The van der Waals surface area contributed by atoms with Gasteiger partial charge in [0, 0.05) is 31.7 Å². The summed E-state index contributed by atoms with van der Waals surface area (Å²) in [5.41, 5.74) is 1.17. The summed E-state index contributed by atoms with van der Waals surface area (Å²) in [6.07, 6.45) is 7.07. The lowest BCUT2D eigenvalue weighted by atomic mass is 10.3. The highest BCUT2D eigenvalue weighted by Gasteiger charge is 1.93. The van der Waals surface area contributed by atoms with Crippen molar-refractivity contribution < 1.29 is 4.74 Å². The van der Waals surface area contributed by atoms with Gasteiger partial charge in [0.15, 0.2) is 0 Å². The Bertz CT molecular complexity index is 378. The van der Waals surface area contributed by atoms with E-state index in [9.17, 15) is 0 Å². The van der Waals surface area contributed by atoms with Crippen LogP contribution in [0.5, 0.6) is 5.75 Å². The van der Waals surface area contributed by atoms with E-state index in [1.54, 1.807) is 18.6 Å². The van der Waals surface area contributed by atoms with Gasteiger partial charge in [-0.05, 0) is 23.8 Å². The molecule has 0 unspecified atom stereocenters. The van der Waals surface area contributed by atoms with Crippen LogP contribution in [-0.2, 0) is 6.54 Å². The van der Waals surface area contributed by atoms with Gasteiger partial charge in [-0.1, -0.05) is 6.07 Å². The molecule has 4 heteroatoms. The van der Waals surface area contributed by atoms with Gasteiger partial charge >= 0.3 is 0 Å². The molecule has 2 rings (SSSR count). The number of aromatic nitrogens is 2. The fraction of sp³-hybridized carbons (Fsp3) is 0.231. The number of pyridine rings is 2. The summed E-state index contributed by atoms with van der Waals surface area (Å²) in [7, 11) is 0. The Labute approximate surface area is 101 Å². The van der Waals surface area contributed by atoms with E-state index in [2.05, 4.69) is 15.3 Å². The molecule has 0 atom stereocenters. The van der Waals surface area contributed by atoms with Gasteiger partial charge in [-0.25, -0.2) is 0 Å². The summed E-state index contributed by atoms with van der Waals surface area (Å²) in [4.78, 5) is 8.03. The molecule has 2 aromatic rings. The fourth-order valence-corrected chi connectivity index (χ4v) is 1.41. The van der Waals surface area contributed by atoms with Gasteiger partial charge in [-0.2, -0.15) is 0 Å². The van der Waals surface area contributed by atoms with Crippen LogP contribution in [0, 0.1) is 0 Å². The van der Waals surface area contributed by atoms with Crippen LogP contribution in [0.2, 0.25) is 0 Å². The van der Waals surface area contributed by atoms with Gasteiger partial charge < -0.3 is 10.1 Å². The summed E-state index contributed by atoms with van der Waals surface area (Å²) < 4.78 is 5.50. The van der Waals surface area contributed by atoms with Crippen molar-refractivity contribution >= 4 is 0 Å². The molecule has 0 aromatic carbocycles. The first kappa shape index (κ1) is 11.5. The van der Waals surface area contributed by atoms with E-state index in [4.69, 9.17) is 4.74 Å². The third-order valence-electron chi connectivity index (χ3n) is 2.23. The summed E-state index contributed by atoms with van der Waals surface area (Å²) in [6.45, 7) is 2.24. The first-order valence-corrected chi connectivity index (χ1v) is 5.57. The van der Waals surface area contributed by atoms with Crippen molar-refractivity contribution in [3.63, 3.8) is 0 Å². The second-order valence-electron chi connectivity index (χ2n) is 3.58. The smallest absolute Gasteiger partial charge is 0.137 e. The maximum atomic E-state index is 5.50. The van der Waals surface area contributed by atoms with Gasteiger partial charge in [0.05, 0.1) is 6.20 Å². The first-order valence-electron chi connectivity index (χ1n) is 5.57. The Morgan fingerprint density at radius 3 is 2.59 bits per heavy atom. The predicted molar refractivity (Wildman–Crippen MR) is 65.7 cm³/mol. The van der Waals surface area contributed by atoms with Gasteiger partial charge in [0.1, 0.15) is 12.4 Å². The molecule has 2 heterocycles. The van der Waals surface area contributed by atoms with Crippen LogP contribution in [0.1, 0.15) is 5.56 Å². The van der Waals surface area contributed by atoms with Crippen LogP contribution in [0.15, 0.2) is 49.1 Å². The minimum atomic E-state index is 0.631. The molecule has 0 aliphatic carbocycles. The van der Waals surface area contributed by atoms with Crippen LogP contribution in [0.3, 0.4) is 0 Å². The molecule has 0 aliphatic rings. The molecule has 0 bridgehead atoms. The van der Waals surface area contributed by atoms with E-state index in [0.717, 1.165) is 18.8 Å². The Hall–Kier alpha value is -1.94. The Morgan fingerprint density at radius 1 is 1.06 bits per heavy atom. The number of rotatable bonds is 6. The second-order valence-corrected chi connectivity index (χ2v) is 3.58. The maximum absolute atomic E-state index is 5.50. The van der Waals surface area contributed by atoms with Crippen molar-refractivity contribution in [1.82, 2.24) is 15.3 Å². The Morgan fingerprint density at radius 2 is 1.88 bits per heavy atom. The normalized spacial score (nSPS) is 10.1.